The molecule has 0 aliphatic carbocycles. The Kier molecular flexibility index (Phi) is 4.63. The van der Waals surface area contributed by atoms with Gasteiger partial charge in [-0.2, -0.15) is 13.2 Å². The molecule has 3 aromatic rings. The molecule has 0 spiro atoms. The molecule has 26 heavy (non-hydrogen) atoms. The fraction of sp³-hybridized carbons (Fsp3) is 0.211. The Balaban J connectivity index is 1.72. The van der Waals surface area contributed by atoms with Crippen LogP contribution in [0.25, 0.3) is 11.0 Å². The molecule has 7 heteroatoms. The first-order chi connectivity index (χ1) is 12.3. The van der Waals surface area contributed by atoms with Crippen molar-refractivity contribution < 1.29 is 22.4 Å². The highest BCUT2D eigenvalue weighted by molar-refractivity contribution is 5.90. The SMILES string of the molecule is Cc1ccc2c(CC(=O)NNc3ccccc3C(F)(F)F)coc2c1C. The van der Waals surface area contributed by atoms with E-state index in [1.54, 1.807) is 0 Å². The Morgan fingerprint density at radius 2 is 1.85 bits per heavy atom. The number of amides is 1. The maximum atomic E-state index is 13.0. The van der Waals surface area contributed by atoms with Gasteiger partial charge in [-0.3, -0.25) is 15.6 Å². The molecule has 0 bridgehead atoms. The zero-order chi connectivity index (χ0) is 18.9. The van der Waals surface area contributed by atoms with Crippen molar-refractivity contribution >= 4 is 22.6 Å². The number of para-hydroxylation sites is 1. The second-order valence-corrected chi connectivity index (χ2v) is 6.04. The number of carbonyl (C=O) groups excluding carboxylic acids is 1. The Labute approximate surface area is 148 Å². The first-order valence-electron chi connectivity index (χ1n) is 7.94. The molecule has 0 saturated carbocycles. The molecule has 3 rings (SSSR count). The van der Waals surface area contributed by atoms with Gasteiger partial charge in [0.2, 0.25) is 5.91 Å². The van der Waals surface area contributed by atoms with Gasteiger partial charge in [-0.25, -0.2) is 0 Å². The fourth-order valence-corrected chi connectivity index (χ4v) is 2.72. The van der Waals surface area contributed by atoms with Crippen LogP contribution in [0.15, 0.2) is 47.1 Å². The molecule has 1 heterocycles. The van der Waals surface area contributed by atoms with E-state index in [0.29, 0.717) is 11.1 Å². The third-order valence-electron chi connectivity index (χ3n) is 4.26. The number of rotatable bonds is 4. The number of hydrazine groups is 1. The molecule has 0 unspecified atom stereocenters. The Bertz CT molecular complexity index is 961. The molecule has 0 aliphatic heterocycles. The third-order valence-corrected chi connectivity index (χ3v) is 4.26. The van der Waals surface area contributed by atoms with Gasteiger partial charge in [0.25, 0.3) is 0 Å². The lowest BCUT2D eigenvalue weighted by atomic mass is 10.0. The van der Waals surface area contributed by atoms with Crippen LogP contribution in [0.2, 0.25) is 0 Å². The van der Waals surface area contributed by atoms with E-state index in [0.717, 1.165) is 22.6 Å². The molecule has 1 aromatic heterocycles. The molecule has 0 atom stereocenters. The summed E-state index contributed by atoms with van der Waals surface area (Å²) in [6.07, 6.45) is -3.03. The van der Waals surface area contributed by atoms with Gasteiger partial charge < -0.3 is 4.42 Å². The van der Waals surface area contributed by atoms with E-state index in [2.05, 4.69) is 10.9 Å². The van der Waals surface area contributed by atoms with Gasteiger partial charge in [0.1, 0.15) is 5.58 Å². The van der Waals surface area contributed by atoms with Crippen LogP contribution in [-0.2, 0) is 17.4 Å². The van der Waals surface area contributed by atoms with Crippen molar-refractivity contribution in [3.05, 3.63) is 64.9 Å². The molecule has 0 saturated heterocycles. The van der Waals surface area contributed by atoms with E-state index >= 15 is 0 Å². The minimum absolute atomic E-state index is 0.0172. The van der Waals surface area contributed by atoms with Crippen LogP contribution in [0.4, 0.5) is 18.9 Å². The van der Waals surface area contributed by atoms with Crippen LogP contribution in [0, 0.1) is 13.8 Å². The number of halogens is 3. The summed E-state index contributed by atoms with van der Waals surface area (Å²) in [5.41, 5.74) is 7.06. The standard InChI is InChI=1S/C19H17F3N2O2/c1-11-7-8-14-13(10-26-18(14)12(11)2)9-17(25)24-23-16-6-4-3-5-15(16)19(20,21)22/h3-8,10,23H,9H2,1-2H3,(H,24,25). The number of fused-ring (bicyclic) bond motifs is 1. The van der Waals surface area contributed by atoms with Crippen LogP contribution in [-0.4, -0.2) is 5.91 Å². The average molecular weight is 362 g/mol. The predicted octanol–water partition coefficient (Wildman–Crippen LogP) is 4.75. The predicted molar refractivity (Wildman–Crippen MR) is 92.6 cm³/mol. The molecule has 4 nitrogen and oxygen atoms in total. The molecule has 0 aliphatic rings. The minimum Gasteiger partial charge on any atom is -0.464 e. The lowest BCUT2D eigenvalue weighted by Gasteiger charge is -2.14. The second kappa shape index (κ2) is 6.74. The number of hydrogen-bond acceptors (Lipinski definition) is 3. The summed E-state index contributed by atoms with van der Waals surface area (Å²) in [7, 11) is 0. The molecule has 1 amide bonds. The van der Waals surface area contributed by atoms with Crippen LogP contribution in [0.1, 0.15) is 22.3 Å². The molecule has 136 valence electrons. The van der Waals surface area contributed by atoms with E-state index in [-0.39, 0.29) is 12.1 Å². The number of benzene rings is 2. The highest BCUT2D eigenvalue weighted by Gasteiger charge is 2.33. The normalized spacial score (nSPS) is 11.6. The van der Waals surface area contributed by atoms with E-state index in [4.69, 9.17) is 4.42 Å². The number of hydrogen-bond donors (Lipinski definition) is 2. The van der Waals surface area contributed by atoms with E-state index in [1.807, 2.05) is 26.0 Å². The van der Waals surface area contributed by atoms with Crippen molar-refractivity contribution in [3.63, 3.8) is 0 Å². The number of carbonyl (C=O) groups is 1. The van der Waals surface area contributed by atoms with Gasteiger partial charge in [-0.05, 0) is 37.1 Å². The van der Waals surface area contributed by atoms with Crippen molar-refractivity contribution in [3.8, 4) is 0 Å². The highest BCUT2D eigenvalue weighted by atomic mass is 19.4. The van der Waals surface area contributed by atoms with Gasteiger partial charge in [0.15, 0.2) is 0 Å². The topological polar surface area (TPSA) is 54.3 Å². The van der Waals surface area contributed by atoms with Gasteiger partial charge in [0.05, 0.1) is 23.9 Å². The minimum atomic E-state index is -4.51. The summed E-state index contributed by atoms with van der Waals surface area (Å²) in [6.45, 7) is 3.90. The van der Waals surface area contributed by atoms with E-state index in [1.165, 1.54) is 24.5 Å². The van der Waals surface area contributed by atoms with Crippen molar-refractivity contribution in [2.24, 2.45) is 0 Å². The average Bonchev–Trinajstić information content (AvgIpc) is 2.99. The first kappa shape index (κ1) is 17.8. The Morgan fingerprint density at radius 3 is 2.58 bits per heavy atom. The molecular formula is C19H17F3N2O2. The maximum Gasteiger partial charge on any atom is 0.418 e. The van der Waals surface area contributed by atoms with Crippen molar-refractivity contribution in [1.29, 1.82) is 0 Å². The van der Waals surface area contributed by atoms with Crippen LogP contribution < -0.4 is 10.9 Å². The lowest BCUT2D eigenvalue weighted by molar-refractivity contribution is -0.137. The summed E-state index contributed by atoms with van der Waals surface area (Å²) in [4.78, 5) is 12.1. The summed E-state index contributed by atoms with van der Waals surface area (Å²) >= 11 is 0. The molecule has 2 aromatic carbocycles. The molecule has 2 N–H and O–H groups in total. The van der Waals surface area contributed by atoms with Crippen molar-refractivity contribution in [2.45, 2.75) is 26.4 Å². The monoisotopic (exact) mass is 362 g/mol. The van der Waals surface area contributed by atoms with Crippen molar-refractivity contribution in [2.75, 3.05) is 5.43 Å². The Morgan fingerprint density at radius 1 is 1.12 bits per heavy atom. The maximum absolute atomic E-state index is 13.0. The second-order valence-electron chi connectivity index (χ2n) is 6.04. The number of anilines is 1. The van der Waals surface area contributed by atoms with Gasteiger partial charge in [-0.1, -0.05) is 24.3 Å². The van der Waals surface area contributed by atoms with E-state index < -0.39 is 17.6 Å². The number of nitrogens with one attached hydrogen (secondary N) is 2. The summed E-state index contributed by atoms with van der Waals surface area (Å²) < 4.78 is 44.4. The highest BCUT2D eigenvalue weighted by Crippen LogP contribution is 2.34. The lowest BCUT2D eigenvalue weighted by Crippen LogP contribution is -2.31. The number of furan rings is 1. The first-order valence-corrected chi connectivity index (χ1v) is 7.94. The smallest absolute Gasteiger partial charge is 0.418 e. The molecule has 0 radical (unpaired) electrons. The van der Waals surface area contributed by atoms with E-state index in [9.17, 15) is 18.0 Å². The number of alkyl halides is 3. The molecule has 0 fully saturated rings. The van der Waals surface area contributed by atoms with Crippen LogP contribution in [0.3, 0.4) is 0 Å². The van der Waals surface area contributed by atoms with Crippen LogP contribution >= 0.6 is 0 Å². The third kappa shape index (κ3) is 3.51. The number of aryl methyl sites for hydroxylation is 2. The largest absolute Gasteiger partial charge is 0.464 e. The summed E-state index contributed by atoms with van der Waals surface area (Å²) in [6, 6.07) is 8.75. The van der Waals surface area contributed by atoms with Gasteiger partial charge in [-0.15, -0.1) is 0 Å². The zero-order valence-electron chi connectivity index (χ0n) is 14.2. The van der Waals surface area contributed by atoms with Crippen LogP contribution in [0.5, 0.6) is 0 Å². The summed E-state index contributed by atoms with van der Waals surface area (Å²) in [5, 5.41) is 0.818. The molecular weight excluding hydrogens is 345 g/mol. The van der Waals surface area contributed by atoms with Gasteiger partial charge in [0, 0.05) is 10.9 Å². The van der Waals surface area contributed by atoms with Gasteiger partial charge >= 0.3 is 6.18 Å². The summed E-state index contributed by atoms with van der Waals surface area (Å²) in [5.74, 6) is -0.470. The quantitative estimate of drug-likeness (QED) is 0.659. The van der Waals surface area contributed by atoms with Crippen molar-refractivity contribution in [1.82, 2.24) is 5.43 Å². The zero-order valence-corrected chi connectivity index (χ0v) is 14.2. The Hall–Kier alpha value is -2.96. The fourth-order valence-electron chi connectivity index (χ4n) is 2.72.